The predicted octanol–water partition coefficient (Wildman–Crippen LogP) is 1.55. The molecule has 0 radical (unpaired) electrons. The lowest BCUT2D eigenvalue weighted by atomic mass is 9.91. The normalized spacial score (nSPS) is 29.4. The first-order valence-corrected chi connectivity index (χ1v) is 6.07. The van der Waals surface area contributed by atoms with Gasteiger partial charge in [-0.3, -0.25) is 0 Å². The van der Waals surface area contributed by atoms with Gasteiger partial charge in [0.1, 0.15) is 0 Å². The molecule has 1 saturated carbocycles. The van der Waals surface area contributed by atoms with E-state index >= 15 is 0 Å². The van der Waals surface area contributed by atoms with E-state index in [9.17, 15) is 5.11 Å². The van der Waals surface area contributed by atoms with Gasteiger partial charge in [-0.25, -0.2) is 0 Å². The van der Waals surface area contributed by atoms with Gasteiger partial charge >= 0.3 is 0 Å². The van der Waals surface area contributed by atoms with E-state index in [4.69, 9.17) is 4.74 Å². The Morgan fingerprint density at radius 3 is 2.67 bits per heavy atom. The van der Waals surface area contributed by atoms with E-state index in [1.165, 1.54) is 19.3 Å². The van der Waals surface area contributed by atoms with Crippen LogP contribution < -0.4 is 5.32 Å². The molecule has 0 heterocycles. The van der Waals surface area contributed by atoms with Gasteiger partial charge in [0, 0.05) is 19.2 Å². The molecule has 3 atom stereocenters. The van der Waals surface area contributed by atoms with Gasteiger partial charge in [-0.05, 0) is 31.6 Å². The summed E-state index contributed by atoms with van der Waals surface area (Å²) in [5.74, 6) is 0.484. The molecule has 0 spiro atoms. The fourth-order valence-corrected chi connectivity index (χ4v) is 2.27. The van der Waals surface area contributed by atoms with Gasteiger partial charge < -0.3 is 15.2 Å². The number of methoxy groups -OCH3 is 1. The predicted molar refractivity (Wildman–Crippen MR) is 61.9 cm³/mol. The molecule has 0 saturated heterocycles. The largest absolute Gasteiger partial charge is 0.395 e. The van der Waals surface area contributed by atoms with Crippen LogP contribution in [0.25, 0.3) is 0 Å². The van der Waals surface area contributed by atoms with E-state index in [2.05, 4.69) is 19.2 Å². The summed E-state index contributed by atoms with van der Waals surface area (Å²) in [6.45, 7) is 4.51. The summed E-state index contributed by atoms with van der Waals surface area (Å²) in [6.07, 6.45) is 5.11. The summed E-state index contributed by atoms with van der Waals surface area (Å²) in [7, 11) is 1.79. The van der Waals surface area contributed by atoms with E-state index in [0.717, 1.165) is 6.42 Å². The van der Waals surface area contributed by atoms with E-state index in [0.29, 0.717) is 18.1 Å². The number of aliphatic hydroxyl groups is 1. The molecule has 1 rings (SSSR count). The van der Waals surface area contributed by atoms with Crippen LogP contribution in [-0.4, -0.2) is 37.0 Å². The standard InChI is InChI=1S/C12H25NO2/c1-9(2)12(8-14)13-10-5-4-6-11(7-10)15-3/h9-14H,4-8H2,1-3H3/t10?,11?,12-/m1/s1. The molecule has 1 aliphatic carbocycles. The van der Waals surface area contributed by atoms with Crippen molar-refractivity contribution in [2.45, 2.75) is 57.7 Å². The molecule has 1 fully saturated rings. The highest BCUT2D eigenvalue weighted by atomic mass is 16.5. The Morgan fingerprint density at radius 2 is 2.13 bits per heavy atom. The average molecular weight is 215 g/mol. The molecule has 2 N–H and O–H groups in total. The van der Waals surface area contributed by atoms with Crippen LogP contribution in [0.3, 0.4) is 0 Å². The highest BCUT2D eigenvalue weighted by molar-refractivity contribution is 4.82. The molecular formula is C12H25NO2. The van der Waals surface area contributed by atoms with Crippen LogP contribution in [0.1, 0.15) is 39.5 Å². The van der Waals surface area contributed by atoms with Crippen LogP contribution in [0.15, 0.2) is 0 Å². The van der Waals surface area contributed by atoms with Crippen LogP contribution >= 0.6 is 0 Å². The topological polar surface area (TPSA) is 41.5 Å². The fraction of sp³-hybridized carbons (Fsp3) is 1.00. The van der Waals surface area contributed by atoms with Crippen molar-refractivity contribution in [3.63, 3.8) is 0 Å². The van der Waals surface area contributed by atoms with Crippen molar-refractivity contribution in [2.75, 3.05) is 13.7 Å². The molecule has 15 heavy (non-hydrogen) atoms. The summed E-state index contributed by atoms with van der Waals surface area (Å²) in [5, 5.41) is 12.8. The van der Waals surface area contributed by atoms with Crippen LogP contribution in [0.2, 0.25) is 0 Å². The second-order valence-electron chi connectivity index (χ2n) is 4.92. The zero-order valence-corrected chi connectivity index (χ0v) is 10.2. The lowest BCUT2D eigenvalue weighted by Gasteiger charge is -2.33. The second-order valence-corrected chi connectivity index (χ2v) is 4.92. The minimum Gasteiger partial charge on any atom is -0.395 e. The molecule has 0 amide bonds. The minimum absolute atomic E-state index is 0.227. The minimum atomic E-state index is 0.227. The smallest absolute Gasteiger partial charge is 0.0587 e. The van der Waals surface area contributed by atoms with Crippen molar-refractivity contribution in [2.24, 2.45) is 5.92 Å². The lowest BCUT2D eigenvalue weighted by molar-refractivity contribution is 0.0530. The Morgan fingerprint density at radius 1 is 1.40 bits per heavy atom. The number of hydrogen-bond donors (Lipinski definition) is 2. The quantitative estimate of drug-likeness (QED) is 0.731. The summed E-state index contributed by atoms with van der Waals surface area (Å²) >= 11 is 0. The van der Waals surface area contributed by atoms with E-state index in [-0.39, 0.29) is 12.6 Å². The maximum absolute atomic E-state index is 9.26. The van der Waals surface area contributed by atoms with Gasteiger partial charge in [-0.15, -0.1) is 0 Å². The monoisotopic (exact) mass is 215 g/mol. The van der Waals surface area contributed by atoms with Gasteiger partial charge in [-0.2, -0.15) is 0 Å². The van der Waals surface area contributed by atoms with Crippen molar-refractivity contribution >= 4 is 0 Å². The zero-order valence-electron chi connectivity index (χ0n) is 10.2. The molecule has 0 aliphatic heterocycles. The highest BCUT2D eigenvalue weighted by Crippen LogP contribution is 2.21. The van der Waals surface area contributed by atoms with Crippen LogP contribution in [0.5, 0.6) is 0 Å². The molecule has 1 aliphatic rings. The number of ether oxygens (including phenoxy) is 1. The third-order valence-corrected chi connectivity index (χ3v) is 3.41. The molecule has 2 unspecified atom stereocenters. The first kappa shape index (κ1) is 12.9. The molecule has 3 heteroatoms. The van der Waals surface area contributed by atoms with E-state index in [1.807, 2.05) is 0 Å². The second kappa shape index (κ2) is 6.46. The van der Waals surface area contributed by atoms with Crippen molar-refractivity contribution in [1.82, 2.24) is 5.32 Å². The van der Waals surface area contributed by atoms with Gasteiger partial charge in [0.25, 0.3) is 0 Å². The van der Waals surface area contributed by atoms with Crippen LogP contribution in [-0.2, 0) is 4.74 Å². The Labute approximate surface area is 93.2 Å². The number of nitrogens with one attached hydrogen (secondary N) is 1. The fourth-order valence-electron chi connectivity index (χ4n) is 2.27. The van der Waals surface area contributed by atoms with Gasteiger partial charge in [0.2, 0.25) is 0 Å². The van der Waals surface area contributed by atoms with E-state index < -0.39 is 0 Å². The molecule has 0 bridgehead atoms. The van der Waals surface area contributed by atoms with Gasteiger partial charge in [-0.1, -0.05) is 13.8 Å². The molecule has 0 aromatic carbocycles. The molecule has 0 aromatic rings. The molecule has 0 aromatic heterocycles. The number of hydrogen-bond acceptors (Lipinski definition) is 3. The van der Waals surface area contributed by atoms with Crippen molar-refractivity contribution < 1.29 is 9.84 Å². The Bertz CT molecular complexity index is 173. The van der Waals surface area contributed by atoms with Crippen molar-refractivity contribution in [1.29, 1.82) is 0 Å². The summed E-state index contributed by atoms with van der Waals surface area (Å²) in [4.78, 5) is 0. The maximum Gasteiger partial charge on any atom is 0.0587 e. The molecular weight excluding hydrogens is 190 g/mol. The highest BCUT2D eigenvalue weighted by Gasteiger charge is 2.24. The molecule has 90 valence electrons. The van der Waals surface area contributed by atoms with Gasteiger partial charge in [0.15, 0.2) is 0 Å². The average Bonchev–Trinajstić information content (AvgIpc) is 2.25. The summed E-state index contributed by atoms with van der Waals surface area (Å²) in [5.41, 5.74) is 0. The first-order chi connectivity index (χ1) is 7.17. The third-order valence-electron chi connectivity index (χ3n) is 3.41. The Balaban J connectivity index is 2.36. The summed E-state index contributed by atoms with van der Waals surface area (Å²) < 4.78 is 5.39. The van der Waals surface area contributed by atoms with Crippen molar-refractivity contribution in [3.05, 3.63) is 0 Å². The zero-order chi connectivity index (χ0) is 11.3. The summed E-state index contributed by atoms with van der Waals surface area (Å²) in [6, 6.07) is 0.744. The lowest BCUT2D eigenvalue weighted by Crippen LogP contribution is -2.46. The third kappa shape index (κ3) is 4.09. The van der Waals surface area contributed by atoms with E-state index in [1.54, 1.807) is 7.11 Å². The number of aliphatic hydroxyl groups excluding tert-OH is 1. The van der Waals surface area contributed by atoms with Crippen molar-refractivity contribution in [3.8, 4) is 0 Å². The van der Waals surface area contributed by atoms with Gasteiger partial charge in [0.05, 0.1) is 12.7 Å². The SMILES string of the molecule is COC1CCCC(N[C@H](CO)C(C)C)C1. The van der Waals surface area contributed by atoms with Crippen LogP contribution in [0.4, 0.5) is 0 Å². The number of rotatable bonds is 5. The maximum atomic E-state index is 9.26. The Hall–Kier alpha value is -0.120. The first-order valence-electron chi connectivity index (χ1n) is 6.07. The van der Waals surface area contributed by atoms with Crippen LogP contribution in [0, 0.1) is 5.92 Å². The Kier molecular flexibility index (Phi) is 5.58. The molecule has 3 nitrogen and oxygen atoms in total.